The van der Waals surface area contributed by atoms with Crippen LogP contribution in [0, 0.1) is 13.8 Å². The fraction of sp³-hybridized carbons (Fsp3) is 0.556. The Morgan fingerprint density at radius 2 is 1.78 bits per heavy atom. The van der Waals surface area contributed by atoms with Crippen molar-refractivity contribution in [2.75, 3.05) is 6.54 Å². The molecule has 1 aliphatic rings. The fourth-order valence-corrected chi connectivity index (χ4v) is 3.37. The highest BCUT2D eigenvalue weighted by atomic mass is 16.3. The van der Waals surface area contributed by atoms with Crippen molar-refractivity contribution in [3.63, 3.8) is 0 Å². The second kappa shape index (κ2) is 8.24. The molecular formula is C18H26N4O5. The summed E-state index contributed by atoms with van der Waals surface area (Å²) in [5.41, 5.74) is 3.83. The lowest BCUT2D eigenvalue weighted by Gasteiger charge is -2.25. The van der Waals surface area contributed by atoms with Crippen LogP contribution in [0.25, 0.3) is 0 Å². The number of nitrogens with zero attached hydrogens (tertiary/aromatic N) is 1. The Bertz CT molecular complexity index is 749. The molecule has 0 saturated carbocycles. The first kappa shape index (κ1) is 20.5. The number of carbonyl (C=O) groups is 4. The molecule has 27 heavy (non-hydrogen) atoms. The van der Waals surface area contributed by atoms with Gasteiger partial charge in [-0.1, -0.05) is 26.7 Å². The second-order valence-corrected chi connectivity index (χ2v) is 6.73. The van der Waals surface area contributed by atoms with E-state index in [9.17, 15) is 19.2 Å². The SMILES string of the molecule is CCCC1(CCC)NC(=O)N(CC(=O)NNC(=O)c2cc(C)oc2C)C1=O. The minimum absolute atomic E-state index is 0.299. The van der Waals surface area contributed by atoms with Crippen LogP contribution in [0.15, 0.2) is 10.5 Å². The Morgan fingerprint density at radius 3 is 2.30 bits per heavy atom. The molecule has 0 atom stereocenters. The molecule has 2 rings (SSSR count). The molecule has 1 fully saturated rings. The van der Waals surface area contributed by atoms with E-state index in [1.165, 1.54) is 0 Å². The summed E-state index contributed by atoms with van der Waals surface area (Å²) in [6, 6.07) is 0.961. The molecule has 0 aromatic carbocycles. The van der Waals surface area contributed by atoms with Crippen molar-refractivity contribution in [2.45, 2.75) is 58.9 Å². The van der Waals surface area contributed by atoms with E-state index in [-0.39, 0.29) is 0 Å². The Kier molecular flexibility index (Phi) is 6.24. The summed E-state index contributed by atoms with van der Waals surface area (Å²) in [6.07, 6.45) is 2.48. The van der Waals surface area contributed by atoms with Crippen LogP contribution >= 0.6 is 0 Å². The maximum atomic E-state index is 12.7. The lowest BCUT2D eigenvalue weighted by molar-refractivity contribution is -0.135. The highest BCUT2D eigenvalue weighted by Crippen LogP contribution is 2.27. The zero-order chi connectivity index (χ0) is 20.2. The summed E-state index contributed by atoms with van der Waals surface area (Å²) in [5, 5.41) is 2.73. The molecule has 1 aromatic heterocycles. The van der Waals surface area contributed by atoms with Crippen LogP contribution < -0.4 is 16.2 Å². The molecule has 5 amide bonds. The molecule has 1 aliphatic heterocycles. The van der Waals surface area contributed by atoms with E-state index in [4.69, 9.17) is 4.42 Å². The molecule has 0 spiro atoms. The van der Waals surface area contributed by atoms with Crippen LogP contribution in [-0.2, 0) is 9.59 Å². The minimum Gasteiger partial charge on any atom is -0.466 e. The van der Waals surface area contributed by atoms with Gasteiger partial charge in [-0.05, 0) is 32.8 Å². The highest BCUT2D eigenvalue weighted by Gasteiger charge is 2.50. The van der Waals surface area contributed by atoms with Crippen LogP contribution in [-0.4, -0.2) is 40.7 Å². The first-order valence-corrected chi connectivity index (χ1v) is 9.04. The summed E-state index contributed by atoms with van der Waals surface area (Å²) in [7, 11) is 0. The fourth-order valence-electron chi connectivity index (χ4n) is 3.37. The smallest absolute Gasteiger partial charge is 0.325 e. The molecule has 0 aliphatic carbocycles. The lowest BCUT2D eigenvalue weighted by Crippen LogP contribution is -2.49. The highest BCUT2D eigenvalue weighted by molar-refractivity contribution is 6.09. The monoisotopic (exact) mass is 378 g/mol. The third-order valence-electron chi connectivity index (χ3n) is 4.50. The molecule has 1 saturated heterocycles. The van der Waals surface area contributed by atoms with Gasteiger partial charge in [0.25, 0.3) is 17.7 Å². The van der Waals surface area contributed by atoms with Crippen molar-refractivity contribution in [3.8, 4) is 0 Å². The van der Waals surface area contributed by atoms with Gasteiger partial charge in [-0.25, -0.2) is 4.79 Å². The Labute approximate surface area is 157 Å². The van der Waals surface area contributed by atoms with Crippen molar-refractivity contribution in [1.29, 1.82) is 0 Å². The number of imide groups is 1. The second-order valence-electron chi connectivity index (χ2n) is 6.73. The molecular weight excluding hydrogens is 352 g/mol. The third kappa shape index (κ3) is 4.29. The van der Waals surface area contributed by atoms with Gasteiger partial charge in [0, 0.05) is 0 Å². The summed E-state index contributed by atoms with van der Waals surface area (Å²) in [4.78, 5) is 50.0. The van der Waals surface area contributed by atoms with E-state index in [0.717, 1.165) is 17.7 Å². The van der Waals surface area contributed by atoms with Crippen molar-refractivity contribution in [1.82, 2.24) is 21.1 Å². The zero-order valence-corrected chi connectivity index (χ0v) is 16.1. The summed E-state index contributed by atoms with van der Waals surface area (Å²) in [5.74, 6) is -0.613. The number of hydrogen-bond donors (Lipinski definition) is 3. The molecule has 148 valence electrons. The van der Waals surface area contributed by atoms with Gasteiger partial charge < -0.3 is 9.73 Å². The molecule has 0 unspecified atom stereocenters. The number of furan rings is 1. The molecule has 3 N–H and O–H groups in total. The molecule has 9 nitrogen and oxygen atoms in total. The number of aryl methyl sites for hydroxylation is 2. The van der Waals surface area contributed by atoms with Gasteiger partial charge >= 0.3 is 6.03 Å². The maximum absolute atomic E-state index is 12.7. The molecule has 0 radical (unpaired) electrons. The Balaban J connectivity index is 1.97. The van der Waals surface area contributed by atoms with Crippen molar-refractivity contribution >= 4 is 23.8 Å². The molecule has 1 aromatic rings. The van der Waals surface area contributed by atoms with E-state index in [0.29, 0.717) is 29.9 Å². The van der Waals surface area contributed by atoms with Gasteiger partial charge in [-0.3, -0.25) is 30.1 Å². The van der Waals surface area contributed by atoms with Gasteiger partial charge in [-0.2, -0.15) is 0 Å². The van der Waals surface area contributed by atoms with Gasteiger partial charge in [0.15, 0.2) is 0 Å². The normalized spacial score (nSPS) is 15.6. The van der Waals surface area contributed by atoms with E-state index in [1.54, 1.807) is 19.9 Å². The Morgan fingerprint density at radius 1 is 1.15 bits per heavy atom. The molecule has 9 heteroatoms. The van der Waals surface area contributed by atoms with Crippen molar-refractivity contribution in [2.24, 2.45) is 0 Å². The van der Waals surface area contributed by atoms with Gasteiger partial charge in [0.05, 0.1) is 5.56 Å². The number of carbonyl (C=O) groups excluding carboxylic acids is 4. The summed E-state index contributed by atoms with van der Waals surface area (Å²) < 4.78 is 5.27. The Hall–Kier alpha value is -2.84. The molecule has 0 bridgehead atoms. The first-order chi connectivity index (χ1) is 12.7. The maximum Gasteiger partial charge on any atom is 0.325 e. The van der Waals surface area contributed by atoms with Crippen LogP contribution in [0.5, 0.6) is 0 Å². The van der Waals surface area contributed by atoms with E-state index >= 15 is 0 Å². The van der Waals surface area contributed by atoms with Gasteiger partial charge in [0.1, 0.15) is 23.6 Å². The number of hydrazine groups is 1. The predicted molar refractivity (Wildman–Crippen MR) is 96.6 cm³/mol. The lowest BCUT2D eigenvalue weighted by atomic mass is 9.88. The largest absolute Gasteiger partial charge is 0.466 e. The van der Waals surface area contributed by atoms with Crippen LogP contribution in [0.4, 0.5) is 4.79 Å². The average molecular weight is 378 g/mol. The third-order valence-corrected chi connectivity index (χ3v) is 4.50. The standard InChI is InChI=1S/C18H26N4O5/c1-5-7-18(8-6-2)16(25)22(17(26)19-18)10-14(23)20-21-15(24)13-9-11(3)27-12(13)4/h9H,5-8,10H2,1-4H3,(H,19,26)(H,20,23)(H,21,24). The first-order valence-electron chi connectivity index (χ1n) is 9.04. The molecule has 2 heterocycles. The van der Waals surface area contributed by atoms with E-state index in [2.05, 4.69) is 16.2 Å². The minimum atomic E-state index is -0.949. The van der Waals surface area contributed by atoms with Gasteiger partial charge in [-0.15, -0.1) is 0 Å². The van der Waals surface area contributed by atoms with E-state index < -0.39 is 35.8 Å². The quantitative estimate of drug-likeness (QED) is 0.491. The van der Waals surface area contributed by atoms with Crippen LogP contribution in [0.3, 0.4) is 0 Å². The van der Waals surface area contributed by atoms with Crippen LogP contribution in [0.2, 0.25) is 0 Å². The van der Waals surface area contributed by atoms with Crippen molar-refractivity contribution < 1.29 is 23.6 Å². The number of nitrogens with one attached hydrogen (secondary N) is 3. The summed E-state index contributed by atoms with van der Waals surface area (Å²) in [6.45, 7) is 6.74. The average Bonchev–Trinajstić information content (AvgIpc) is 3.05. The number of amides is 5. The van der Waals surface area contributed by atoms with Crippen molar-refractivity contribution in [3.05, 3.63) is 23.2 Å². The van der Waals surface area contributed by atoms with E-state index in [1.807, 2.05) is 13.8 Å². The number of rotatable bonds is 7. The van der Waals surface area contributed by atoms with Crippen LogP contribution in [0.1, 0.15) is 61.4 Å². The van der Waals surface area contributed by atoms with Gasteiger partial charge in [0.2, 0.25) is 0 Å². The summed E-state index contributed by atoms with van der Waals surface area (Å²) >= 11 is 0. The predicted octanol–water partition coefficient (Wildman–Crippen LogP) is 1.55. The topological polar surface area (TPSA) is 121 Å². The number of urea groups is 1. The zero-order valence-electron chi connectivity index (χ0n) is 16.1. The number of hydrogen-bond acceptors (Lipinski definition) is 5.